The smallest absolute Gasteiger partial charge is 0.144 e. The molecule has 0 unspecified atom stereocenters. The van der Waals surface area contributed by atoms with Crippen LogP contribution >= 0.6 is 0 Å². The fraction of sp³-hybridized carbons (Fsp3) is 0.167. The van der Waals surface area contributed by atoms with E-state index >= 15 is 0 Å². The van der Waals surface area contributed by atoms with Crippen molar-refractivity contribution in [3.05, 3.63) is 23.9 Å². The van der Waals surface area contributed by atoms with Crippen LogP contribution in [-0.4, -0.2) is 4.98 Å². The molecule has 0 aliphatic carbocycles. The van der Waals surface area contributed by atoms with Gasteiger partial charge in [0.25, 0.3) is 0 Å². The van der Waals surface area contributed by atoms with E-state index in [0.29, 0.717) is 12.4 Å². The molecule has 5 N–H and O–H groups in total. The monoisotopic (exact) mass is 138 g/mol. The van der Waals surface area contributed by atoms with Gasteiger partial charge in [0.05, 0.1) is 0 Å². The molecule has 4 heteroatoms. The first kappa shape index (κ1) is 6.98. The maximum absolute atomic E-state index is 5.39. The molecule has 0 amide bonds. The molecule has 0 aromatic carbocycles. The average molecular weight is 138 g/mol. The number of rotatable bonds is 2. The standard InChI is InChI=1S/C6H10N4/c7-4-5-2-1-3-9-6(5)10-8/h1-3H,4,7-8H2,(H,9,10). The molecule has 0 radical (unpaired) electrons. The van der Waals surface area contributed by atoms with Crippen LogP contribution in [0.2, 0.25) is 0 Å². The van der Waals surface area contributed by atoms with Crippen molar-refractivity contribution >= 4 is 5.82 Å². The van der Waals surface area contributed by atoms with E-state index in [2.05, 4.69) is 10.4 Å². The summed E-state index contributed by atoms with van der Waals surface area (Å²) in [4.78, 5) is 3.95. The third kappa shape index (κ3) is 1.23. The molecule has 0 fully saturated rings. The van der Waals surface area contributed by atoms with Crippen LogP contribution in [-0.2, 0) is 6.54 Å². The zero-order valence-electron chi connectivity index (χ0n) is 5.54. The van der Waals surface area contributed by atoms with Crippen LogP contribution in [0.25, 0.3) is 0 Å². The van der Waals surface area contributed by atoms with E-state index in [1.165, 1.54) is 0 Å². The Bertz CT molecular complexity index is 188. The summed E-state index contributed by atoms with van der Waals surface area (Å²) in [5.41, 5.74) is 8.77. The Balaban J connectivity index is 2.96. The maximum Gasteiger partial charge on any atom is 0.144 e. The van der Waals surface area contributed by atoms with Gasteiger partial charge in [-0.3, -0.25) is 0 Å². The zero-order chi connectivity index (χ0) is 7.40. The number of hydrogen-bond donors (Lipinski definition) is 3. The van der Waals surface area contributed by atoms with Crippen LogP contribution in [0.4, 0.5) is 5.82 Å². The predicted octanol–water partition coefficient (Wildman–Crippen LogP) is -0.174. The average Bonchev–Trinajstić information content (AvgIpc) is 2.04. The van der Waals surface area contributed by atoms with Crippen molar-refractivity contribution in [2.75, 3.05) is 5.43 Å². The zero-order valence-corrected chi connectivity index (χ0v) is 5.54. The second kappa shape index (κ2) is 3.14. The molecule has 1 heterocycles. The summed E-state index contributed by atoms with van der Waals surface area (Å²) in [6.45, 7) is 0.452. The summed E-state index contributed by atoms with van der Waals surface area (Å²) in [7, 11) is 0. The lowest BCUT2D eigenvalue weighted by Gasteiger charge is -2.02. The van der Waals surface area contributed by atoms with Crippen LogP contribution in [0.5, 0.6) is 0 Å². The van der Waals surface area contributed by atoms with E-state index in [9.17, 15) is 0 Å². The van der Waals surface area contributed by atoms with E-state index in [1.807, 2.05) is 12.1 Å². The summed E-state index contributed by atoms with van der Waals surface area (Å²) >= 11 is 0. The van der Waals surface area contributed by atoms with Gasteiger partial charge in [0.1, 0.15) is 5.82 Å². The van der Waals surface area contributed by atoms with Gasteiger partial charge in [0, 0.05) is 18.3 Å². The predicted molar refractivity (Wildman–Crippen MR) is 39.9 cm³/mol. The minimum absolute atomic E-state index is 0.452. The molecule has 0 aliphatic heterocycles. The SMILES string of the molecule is NCc1cccnc1NN. The lowest BCUT2D eigenvalue weighted by atomic mass is 10.2. The molecule has 4 nitrogen and oxygen atoms in total. The quantitative estimate of drug-likeness (QED) is 0.391. The van der Waals surface area contributed by atoms with Gasteiger partial charge in [-0.2, -0.15) is 0 Å². The fourth-order valence-electron chi connectivity index (χ4n) is 0.733. The Kier molecular flexibility index (Phi) is 2.20. The second-order valence-electron chi connectivity index (χ2n) is 1.86. The molecule has 0 aliphatic rings. The van der Waals surface area contributed by atoms with E-state index in [4.69, 9.17) is 11.6 Å². The van der Waals surface area contributed by atoms with Crippen LogP contribution in [0.3, 0.4) is 0 Å². The van der Waals surface area contributed by atoms with Gasteiger partial charge in [-0.15, -0.1) is 0 Å². The number of pyridine rings is 1. The molecule has 0 spiro atoms. The fourth-order valence-corrected chi connectivity index (χ4v) is 0.733. The highest BCUT2D eigenvalue weighted by Crippen LogP contribution is 2.07. The topological polar surface area (TPSA) is 77.0 Å². The Labute approximate surface area is 59.2 Å². The van der Waals surface area contributed by atoms with Crippen molar-refractivity contribution in [3.8, 4) is 0 Å². The summed E-state index contributed by atoms with van der Waals surface area (Å²) in [6.07, 6.45) is 1.66. The van der Waals surface area contributed by atoms with Crippen molar-refractivity contribution in [2.45, 2.75) is 6.54 Å². The maximum atomic E-state index is 5.39. The van der Waals surface area contributed by atoms with Crippen LogP contribution in [0, 0.1) is 0 Å². The van der Waals surface area contributed by atoms with Gasteiger partial charge < -0.3 is 11.2 Å². The van der Waals surface area contributed by atoms with Crippen molar-refractivity contribution in [1.82, 2.24) is 4.98 Å². The van der Waals surface area contributed by atoms with Crippen molar-refractivity contribution in [1.29, 1.82) is 0 Å². The van der Waals surface area contributed by atoms with Crippen molar-refractivity contribution in [2.24, 2.45) is 11.6 Å². The highest BCUT2D eigenvalue weighted by Gasteiger charge is 1.95. The van der Waals surface area contributed by atoms with E-state index in [1.54, 1.807) is 6.20 Å². The minimum Gasteiger partial charge on any atom is -0.326 e. The van der Waals surface area contributed by atoms with Gasteiger partial charge in [-0.25, -0.2) is 10.8 Å². The molecule has 1 aromatic heterocycles. The Morgan fingerprint density at radius 2 is 2.40 bits per heavy atom. The lowest BCUT2D eigenvalue weighted by Crippen LogP contribution is -2.12. The van der Waals surface area contributed by atoms with Crippen molar-refractivity contribution in [3.63, 3.8) is 0 Å². The molecule has 0 saturated carbocycles. The Morgan fingerprint density at radius 3 is 2.90 bits per heavy atom. The number of nitrogens with one attached hydrogen (secondary N) is 1. The van der Waals surface area contributed by atoms with Gasteiger partial charge in [0.15, 0.2) is 0 Å². The number of hydrogen-bond acceptors (Lipinski definition) is 4. The van der Waals surface area contributed by atoms with Crippen LogP contribution in [0.15, 0.2) is 18.3 Å². The number of hydrazine groups is 1. The summed E-state index contributed by atoms with van der Waals surface area (Å²) in [6, 6.07) is 3.70. The number of nitrogens with zero attached hydrogens (tertiary/aromatic N) is 1. The molecule has 1 rings (SSSR count). The molecule has 54 valence electrons. The highest BCUT2D eigenvalue weighted by atomic mass is 15.2. The molecule has 0 bridgehead atoms. The van der Waals surface area contributed by atoms with E-state index in [-0.39, 0.29) is 0 Å². The van der Waals surface area contributed by atoms with Crippen LogP contribution < -0.4 is 17.0 Å². The number of anilines is 1. The van der Waals surface area contributed by atoms with Crippen LogP contribution in [0.1, 0.15) is 5.56 Å². The molecular formula is C6H10N4. The number of nitrogens with two attached hydrogens (primary N) is 2. The van der Waals surface area contributed by atoms with Gasteiger partial charge >= 0.3 is 0 Å². The lowest BCUT2D eigenvalue weighted by molar-refractivity contribution is 1.04. The normalized spacial score (nSPS) is 9.40. The molecule has 10 heavy (non-hydrogen) atoms. The Hall–Kier alpha value is -1.13. The Morgan fingerprint density at radius 1 is 1.60 bits per heavy atom. The summed E-state index contributed by atoms with van der Waals surface area (Å²) in [5.74, 6) is 5.80. The van der Waals surface area contributed by atoms with E-state index < -0.39 is 0 Å². The third-order valence-electron chi connectivity index (χ3n) is 1.25. The molecule has 0 saturated heterocycles. The van der Waals surface area contributed by atoms with Gasteiger partial charge in [-0.05, 0) is 6.07 Å². The van der Waals surface area contributed by atoms with Gasteiger partial charge in [-0.1, -0.05) is 6.07 Å². The first-order valence-corrected chi connectivity index (χ1v) is 2.99. The minimum atomic E-state index is 0.452. The largest absolute Gasteiger partial charge is 0.326 e. The second-order valence-corrected chi connectivity index (χ2v) is 1.86. The number of nitrogen functional groups attached to an aromatic ring is 1. The molecule has 0 atom stereocenters. The van der Waals surface area contributed by atoms with Crippen molar-refractivity contribution < 1.29 is 0 Å². The van der Waals surface area contributed by atoms with E-state index in [0.717, 1.165) is 5.56 Å². The summed E-state index contributed by atoms with van der Waals surface area (Å²) in [5, 5.41) is 0. The van der Waals surface area contributed by atoms with Gasteiger partial charge in [0.2, 0.25) is 0 Å². The third-order valence-corrected chi connectivity index (χ3v) is 1.25. The first-order chi connectivity index (χ1) is 4.88. The molecular weight excluding hydrogens is 128 g/mol. The highest BCUT2D eigenvalue weighted by molar-refractivity contribution is 5.41. The summed E-state index contributed by atoms with van der Waals surface area (Å²) < 4.78 is 0. The first-order valence-electron chi connectivity index (χ1n) is 2.99. The molecule has 1 aromatic rings. The number of aromatic nitrogens is 1.